The van der Waals surface area contributed by atoms with Crippen molar-refractivity contribution in [2.45, 2.75) is 38.3 Å². The first-order valence-electron chi connectivity index (χ1n) is 9.37. The van der Waals surface area contributed by atoms with Crippen molar-refractivity contribution in [1.82, 2.24) is 15.1 Å². The number of likely N-dealkylation sites (N-methyl/N-ethyl adjacent to an activating group) is 1. The monoisotopic (exact) mass is 361 g/mol. The van der Waals surface area contributed by atoms with E-state index in [0.29, 0.717) is 43.5 Å². The Labute approximate surface area is 153 Å². The van der Waals surface area contributed by atoms with Gasteiger partial charge in [0.1, 0.15) is 23.2 Å². The van der Waals surface area contributed by atoms with Crippen molar-refractivity contribution >= 4 is 11.8 Å². The highest BCUT2D eigenvalue weighted by Gasteiger charge is 2.52. The molecule has 26 heavy (non-hydrogen) atoms. The number of rotatable bonds is 4. The minimum absolute atomic E-state index is 0.00394. The molecule has 1 aromatic rings. The van der Waals surface area contributed by atoms with Gasteiger partial charge in [-0.05, 0) is 38.7 Å². The lowest BCUT2D eigenvalue weighted by atomic mass is 9.89. The Morgan fingerprint density at radius 1 is 1.27 bits per heavy atom. The average molecular weight is 361 g/mol. The normalized spacial score (nSPS) is 25.2. The predicted octanol–water partition coefficient (Wildman–Crippen LogP) is 0.948. The molecule has 1 aromatic heterocycles. The lowest BCUT2D eigenvalue weighted by Crippen LogP contribution is -2.73. The van der Waals surface area contributed by atoms with Crippen LogP contribution >= 0.6 is 0 Å². The second-order valence-corrected chi connectivity index (χ2v) is 7.99. The first-order chi connectivity index (χ1) is 12.4. The molecule has 1 aliphatic carbocycles. The first-order valence-corrected chi connectivity index (χ1v) is 9.37. The first kappa shape index (κ1) is 17.5. The smallest absolute Gasteiger partial charge is 0.257 e. The van der Waals surface area contributed by atoms with E-state index in [0.717, 1.165) is 12.3 Å². The lowest BCUT2D eigenvalue weighted by molar-refractivity contribution is -0.191. The molecule has 3 fully saturated rings. The SMILES string of the molecule is CNC(=O)C1COC2(CN(C(=O)c3cc(C)oc3C)C2)CN1CC1CC1. The molecule has 3 aliphatic rings. The van der Waals surface area contributed by atoms with E-state index >= 15 is 0 Å². The molecule has 7 heteroatoms. The van der Waals surface area contributed by atoms with Crippen molar-refractivity contribution in [3.63, 3.8) is 0 Å². The summed E-state index contributed by atoms with van der Waals surface area (Å²) in [6.45, 7) is 6.83. The maximum atomic E-state index is 12.7. The fourth-order valence-electron chi connectivity index (χ4n) is 4.12. The number of likely N-dealkylation sites (tertiary alicyclic amines) is 1. The highest BCUT2D eigenvalue weighted by Crippen LogP contribution is 2.36. The number of carbonyl (C=O) groups excluding carboxylic acids is 2. The molecule has 142 valence electrons. The van der Waals surface area contributed by atoms with Crippen LogP contribution in [0.2, 0.25) is 0 Å². The Morgan fingerprint density at radius 3 is 2.58 bits per heavy atom. The van der Waals surface area contributed by atoms with Gasteiger partial charge in [0.2, 0.25) is 5.91 Å². The summed E-state index contributed by atoms with van der Waals surface area (Å²) in [5.41, 5.74) is 0.285. The third kappa shape index (κ3) is 3.14. The number of aryl methyl sites for hydroxylation is 2. The molecule has 0 bridgehead atoms. The predicted molar refractivity (Wildman–Crippen MR) is 94.9 cm³/mol. The van der Waals surface area contributed by atoms with Crippen LogP contribution < -0.4 is 5.32 Å². The number of hydrogen-bond donors (Lipinski definition) is 1. The lowest BCUT2D eigenvalue weighted by Gasteiger charge is -2.55. The zero-order valence-electron chi connectivity index (χ0n) is 15.7. The molecule has 2 aliphatic heterocycles. The largest absolute Gasteiger partial charge is 0.466 e. The molecule has 3 heterocycles. The van der Waals surface area contributed by atoms with Crippen LogP contribution in [0.15, 0.2) is 10.5 Å². The molecule has 1 spiro atoms. The molecule has 4 rings (SSSR count). The van der Waals surface area contributed by atoms with Gasteiger partial charge >= 0.3 is 0 Å². The van der Waals surface area contributed by atoms with Crippen molar-refractivity contribution in [3.8, 4) is 0 Å². The molecule has 1 unspecified atom stereocenters. The molecule has 0 aromatic carbocycles. The van der Waals surface area contributed by atoms with E-state index in [1.807, 2.05) is 18.7 Å². The van der Waals surface area contributed by atoms with Crippen molar-refractivity contribution in [3.05, 3.63) is 23.2 Å². The van der Waals surface area contributed by atoms with E-state index in [1.165, 1.54) is 12.8 Å². The van der Waals surface area contributed by atoms with Gasteiger partial charge in [-0.3, -0.25) is 14.5 Å². The van der Waals surface area contributed by atoms with Gasteiger partial charge in [-0.25, -0.2) is 0 Å². The van der Waals surface area contributed by atoms with Gasteiger partial charge in [0.15, 0.2) is 0 Å². The standard InChI is InChI=1S/C19H27N3O4/c1-12-6-15(13(2)26-12)18(24)22-10-19(11-22)9-21(7-14-4-5-14)16(8-25-19)17(23)20-3/h6,14,16H,4-5,7-11H2,1-3H3,(H,20,23). The zero-order valence-corrected chi connectivity index (χ0v) is 15.7. The number of amides is 2. The van der Waals surface area contributed by atoms with E-state index < -0.39 is 0 Å². The van der Waals surface area contributed by atoms with Gasteiger partial charge in [-0.15, -0.1) is 0 Å². The molecule has 2 saturated heterocycles. The van der Waals surface area contributed by atoms with Gasteiger partial charge in [0.25, 0.3) is 5.91 Å². The summed E-state index contributed by atoms with van der Waals surface area (Å²) in [4.78, 5) is 29.0. The number of nitrogens with zero attached hydrogens (tertiary/aromatic N) is 2. The summed E-state index contributed by atoms with van der Waals surface area (Å²) in [7, 11) is 1.67. The molecule has 1 saturated carbocycles. The van der Waals surface area contributed by atoms with Crippen molar-refractivity contribution in [2.75, 3.05) is 39.8 Å². The average Bonchev–Trinajstić information content (AvgIpc) is 3.33. The summed E-state index contributed by atoms with van der Waals surface area (Å²) in [5.74, 6) is 2.12. The fourth-order valence-corrected chi connectivity index (χ4v) is 4.12. The van der Waals surface area contributed by atoms with Crippen LogP contribution in [0.1, 0.15) is 34.7 Å². The maximum Gasteiger partial charge on any atom is 0.257 e. The van der Waals surface area contributed by atoms with E-state index in [-0.39, 0.29) is 23.5 Å². The second-order valence-electron chi connectivity index (χ2n) is 7.99. The number of nitrogens with one attached hydrogen (secondary N) is 1. The molecule has 1 N–H and O–H groups in total. The Morgan fingerprint density at radius 2 is 2.00 bits per heavy atom. The quantitative estimate of drug-likeness (QED) is 0.864. The Bertz CT molecular complexity index is 718. The highest BCUT2D eigenvalue weighted by atomic mass is 16.5. The van der Waals surface area contributed by atoms with Crippen LogP contribution in [0, 0.1) is 19.8 Å². The zero-order chi connectivity index (χ0) is 18.5. The Balaban J connectivity index is 1.42. The molecule has 7 nitrogen and oxygen atoms in total. The van der Waals surface area contributed by atoms with Crippen LogP contribution in [0.3, 0.4) is 0 Å². The molecular weight excluding hydrogens is 334 g/mol. The maximum absolute atomic E-state index is 12.7. The summed E-state index contributed by atoms with van der Waals surface area (Å²) < 4.78 is 11.6. The molecule has 0 radical (unpaired) electrons. The van der Waals surface area contributed by atoms with Crippen molar-refractivity contribution in [1.29, 1.82) is 0 Å². The van der Waals surface area contributed by atoms with E-state index in [2.05, 4.69) is 10.2 Å². The van der Waals surface area contributed by atoms with E-state index in [4.69, 9.17) is 9.15 Å². The van der Waals surface area contributed by atoms with Crippen molar-refractivity contribution < 1.29 is 18.7 Å². The topological polar surface area (TPSA) is 75.0 Å². The van der Waals surface area contributed by atoms with E-state index in [9.17, 15) is 9.59 Å². The number of hydrogen-bond acceptors (Lipinski definition) is 5. The third-order valence-corrected chi connectivity index (χ3v) is 5.73. The van der Waals surface area contributed by atoms with Gasteiger partial charge in [0, 0.05) is 20.1 Å². The molecule has 1 atom stereocenters. The summed E-state index contributed by atoms with van der Waals surface area (Å²) >= 11 is 0. The van der Waals surface area contributed by atoms with Crippen molar-refractivity contribution in [2.24, 2.45) is 5.92 Å². The number of furan rings is 1. The number of carbonyl (C=O) groups is 2. The Hall–Kier alpha value is -1.86. The minimum atomic E-state index is -0.345. The van der Waals surface area contributed by atoms with Crippen LogP contribution in [0.5, 0.6) is 0 Å². The van der Waals surface area contributed by atoms with Gasteiger partial charge in [0.05, 0.1) is 25.3 Å². The second kappa shape index (κ2) is 6.39. The Kier molecular flexibility index (Phi) is 4.31. The fraction of sp³-hybridized carbons (Fsp3) is 0.684. The number of ether oxygens (including phenoxy) is 1. The van der Waals surface area contributed by atoms with Gasteiger partial charge in [-0.2, -0.15) is 0 Å². The number of morpholine rings is 1. The third-order valence-electron chi connectivity index (χ3n) is 5.73. The van der Waals surface area contributed by atoms with Gasteiger partial charge in [-0.1, -0.05) is 0 Å². The van der Waals surface area contributed by atoms with Crippen LogP contribution in [0.25, 0.3) is 0 Å². The molecular formula is C19H27N3O4. The highest BCUT2D eigenvalue weighted by molar-refractivity contribution is 5.96. The summed E-state index contributed by atoms with van der Waals surface area (Å²) in [6, 6.07) is 1.57. The van der Waals surface area contributed by atoms with Gasteiger partial charge < -0.3 is 19.4 Å². The van der Waals surface area contributed by atoms with E-state index in [1.54, 1.807) is 13.1 Å². The van der Waals surface area contributed by atoms with Crippen LogP contribution in [0.4, 0.5) is 0 Å². The van der Waals surface area contributed by atoms with Crippen LogP contribution in [-0.2, 0) is 9.53 Å². The van der Waals surface area contributed by atoms with Crippen LogP contribution in [-0.4, -0.2) is 73.1 Å². The minimum Gasteiger partial charge on any atom is -0.466 e. The molecule has 2 amide bonds. The summed E-state index contributed by atoms with van der Waals surface area (Å²) in [6.07, 6.45) is 2.49. The summed E-state index contributed by atoms with van der Waals surface area (Å²) in [5, 5.41) is 2.74.